The van der Waals surface area contributed by atoms with Crippen LogP contribution in [0.25, 0.3) is 0 Å². The van der Waals surface area contributed by atoms with Gasteiger partial charge in [0.15, 0.2) is 0 Å². The van der Waals surface area contributed by atoms with Crippen LogP contribution in [0.2, 0.25) is 0 Å². The summed E-state index contributed by atoms with van der Waals surface area (Å²) < 4.78 is 1.63. The van der Waals surface area contributed by atoms with Gasteiger partial charge < -0.3 is 5.11 Å². The van der Waals surface area contributed by atoms with Crippen LogP contribution in [0, 0.1) is 0 Å². The first-order valence-corrected chi connectivity index (χ1v) is 4.75. The minimum Gasteiger partial charge on any atom is -0.382 e. The van der Waals surface area contributed by atoms with E-state index in [0.29, 0.717) is 12.2 Å². The Bertz CT molecular complexity index is 323. The molecule has 0 bridgehead atoms. The molecule has 0 aromatic carbocycles. The van der Waals surface area contributed by atoms with Gasteiger partial charge in [-0.3, -0.25) is 9.48 Å². The van der Waals surface area contributed by atoms with Crippen molar-refractivity contribution in [1.29, 1.82) is 0 Å². The van der Waals surface area contributed by atoms with Crippen molar-refractivity contribution < 1.29 is 9.90 Å². The minimum absolute atomic E-state index is 0.288. The van der Waals surface area contributed by atoms with Crippen LogP contribution in [0.5, 0.6) is 0 Å². The third-order valence-electron chi connectivity index (χ3n) is 1.94. The number of aromatic nitrogens is 2. The van der Waals surface area contributed by atoms with E-state index in [9.17, 15) is 9.90 Å². The highest BCUT2D eigenvalue weighted by Gasteiger charge is 2.27. The van der Waals surface area contributed by atoms with Gasteiger partial charge in [-0.2, -0.15) is 5.10 Å². The Morgan fingerprint density at radius 3 is 2.79 bits per heavy atom. The van der Waals surface area contributed by atoms with Crippen molar-refractivity contribution in [2.45, 2.75) is 39.3 Å². The summed E-state index contributed by atoms with van der Waals surface area (Å²) in [5.74, 6) is -0.288. The largest absolute Gasteiger partial charge is 0.382 e. The zero-order chi connectivity index (χ0) is 10.8. The molecule has 0 radical (unpaired) electrons. The highest BCUT2D eigenvalue weighted by atomic mass is 16.3. The molecule has 0 spiro atoms. The maximum Gasteiger partial charge on any atom is 0.211 e. The first-order valence-electron chi connectivity index (χ1n) is 4.75. The second-order valence-corrected chi connectivity index (χ2v) is 3.83. The number of aliphatic hydroxyl groups is 1. The van der Waals surface area contributed by atoms with Crippen LogP contribution in [0.1, 0.15) is 37.7 Å². The highest BCUT2D eigenvalue weighted by molar-refractivity contribution is 6.00. The highest BCUT2D eigenvalue weighted by Crippen LogP contribution is 2.12. The van der Waals surface area contributed by atoms with Gasteiger partial charge in [0, 0.05) is 12.7 Å². The SMILES string of the molecule is CCCn1nccc1C(=O)C(C)(C)O. The molecule has 0 aliphatic rings. The maximum absolute atomic E-state index is 11.7. The molecule has 78 valence electrons. The van der Waals surface area contributed by atoms with Crippen LogP contribution >= 0.6 is 0 Å². The number of hydrogen-bond acceptors (Lipinski definition) is 3. The van der Waals surface area contributed by atoms with E-state index >= 15 is 0 Å². The fourth-order valence-electron chi connectivity index (χ4n) is 1.23. The molecule has 14 heavy (non-hydrogen) atoms. The van der Waals surface area contributed by atoms with Crippen molar-refractivity contribution in [1.82, 2.24) is 9.78 Å². The summed E-state index contributed by atoms with van der Waals surface area (Å²) in [6.07, 6.45) is 2.49. The zero-order valence-corrected chi connectivity index (χ0v) is 8.82. The van der Waals surface area contributed by atoms with Crippen LogP contribution in [0.4, 0.5) is 0 Å². The number of ketones is 1. The zero-order valence-electron chi connectivity index (χ0n) is 8.82. The van der Waals surface area contributed by atoms with Gasteiger partial charge in [-0.05, 0) is 26.3 Å². The Kier molecular flexibility index (Phi) is 3.06. The molecule has 4 nitrogen and oxygen atoms in total. The second kappa shape index (κ2) is 3.92. The molecule has 0 saturated carbocycles. The van der Waals surface area contributed by atoms with Crippen molar-refractivity contribution in [2.24, 2.45) is 0 Å². The molecule has 0 amide bonds. The smallest absolute Gasteiger partial charge is 0.211 e. The van der Waals surface area contributed by atoms with Crippen molar-refractivity contribution >= 4 is 5.78 Å². The molecule has 0 saturated heterocycles. The third-order valence-corrected chi connectivity index (χ3v) is 1.94. The molecular weight excluding hydrogens is 180 g/mol. The Hall–Kier alpha value is -1.16. The summed E-state index contributed by atoms with van der Waals surface area (Å²) in [6.45, 7) is 5.68. The lowest BCUT2D eigenvalue weighted by Crippen LogP contribution is -2.33. The number of hydrogen-bond donors (Lipinski definition) is 1. The minimum atomic E-state index is -1.33. The number of rotatable bonds is 4. The molecule has 0 aliphatic heterocycles. The van der Waals surface area contributed by atoms with E-state index in [2.05, 4.69) is 5.10 Å². The molecule has 0 aliphatic carbocycles. The van der Waals surface area contributed by atoms with E-state index in [0.717, 1.165) is 6.42 Å². The lowest BCUT2D eigenvalue weighted by atomic mass is 10.0. The first-order chi connectivity index (χ1) is 6.46. The molecule has 4 heteroatoms. The Morgan fingerprint density at radius 1 is 1.64 bits per heavy atom. The van der Waals surface area contributed by atoms with Crippen LogP contribution in [-0.4, -0.2) is 26.3 Å². The van der Waals surface area contributed by atoms with Gasteiger partial charge in [-0.1, -0.05) is 6.92 Å². The van der Waals surface area contributed by atoms with E-state index in [4.69, 9.17) is 0 Å². The van der Waals surface area contributed by atoms with Gasteiger partial charge in [-0.15, -0.1) is 0 Å². The van der Waals surface area contributed by atoms with E-state index in [-0.39, 0.29) is 5.78 Å². The van der Waals surface area contributed by atoms with Gasteiger partial charge >= 0.3 is 0 Å². The lowest BCUT2D eigenvalue weighted by Gasteiger charge is -2.15. The topological polar surface area (TPSA) is 55.1 Å². The summed E-state index contributed by atoms with van der Waals surface area (Å²) in [4.78, 5) is 11.7. The molecule has 1 N–H and O–H groups in total. The fourth-order valence-corrected chi connectivity index (χ4v) is 1.23. The first kappa shape index (κ1) is 10.9. The normalized spacial score (nSPS) is 11.7. The van der Waals surface area contributed by atoms with Gasteiger partial charge in [0.2, 0.25) is 5.78 Å². The van der Waals surface area contributed by atoms with Crippen molar-refractivity contribution in [3.63, 3.8) is 0 Å². The molecule has 0 fully saturated rings. The summed E-state index contributed by atoms with van der Waals surface area (Å²) in [5, 5.41) is 13.6. The van der Waals surface area contributed by atoms with Gasteiger partial charge in [0.05, 0.1) is 0 Å². The van der Waals surface area contributed by atoms with E-state index in [1.807, 2.05) is 6.92 Å². The lowest BCUT2D eigenvalue weighted by molar-refractivity contribution is 0.0476. The summed E-state index contributed by atoms with van der Waals surface area (Å²) >= 11 is 0. The van der Waals surface area contributed by atoms with Crippen LogP contribution in [0.15, 0.2) is 12.3 Å². The average Bonchev–Trinajstić information content (AvgIpc) is 2.50. The molecule has 1 aromatic rings. The molecule has 1 heterocycles. The summed E-state index contributed by atoms with van der Waals surface area (Å²) in [5.41, 5.74) is -0.856. The molecule has 0 unspecified atom stereocenters. The predicted molar refractivity (Wildman–Crippen MR) is 53.1 cm³/mol. The fraction of sp³-hybridized carbons (Fsp3) is 0.600. The number of nitrogens with zero attached hydrogens (tertiary/aromatic N) is 2. The predicted octanol–water partition coefficient (Wildman–Crippen LogP) is 1.25. The number of Topliss-reactive ketones (excluding diaryl/α,β-unsaturated/α-hetero) is 1. The third kappa shape index (κ3) is 2.20. The van der Waals surface area contributed by atoms with Gasteiger partial charge in [0.1, 0.15) is 11.3 Å². The molecular formula is C10H16N2O2. The van der Waals surface area contributed by atoms with Crippen molar-refractivity contribution in [2.75, 3.05) is 0 Å². The van der Waals surface area contributed by atoms with Crippen molar-refractivity contribution in [3.05, 3.63) is 18.0 Å². The quantitative estimate of drug-likeness (QED) is 0.737. The monoisotopic (exact) mass is 196 g/mol. The molecule has 1 rings (SSSR count). The molecule has 0 atom stereocenters. The summed E-state index contributed by atoms with van der Waals surface area (Å²) in [6, 6.07) is 1.63. The van der Waals surface area contributed by atoms with E-state index < -0.39 is 5.60 Å². The Morgan fingerprint density at radius 2 is 2.29 bits per heavy atom. The van der Waals surface area contributed by atoms with Gasteiger partial charge in [0.25, 0.3) is 0 Å². The number of carbonyl (C=O) groups excluding carboxylic acids is 1. The van der Waals surface area contributed by atoms with Gasteiger partial charge in [-0.25, -0.2) is 0 Å². The number of aryl methyl sites for hydroxylation is 1. The van der Waals surface area contributed by atoms with Crippen molar-refractivity contribution in [3.8, 4) is 0 Å². The maximum atomic E-state index is 11.7. The van der Waals surface area contributed by atoms with E-state index in [1.54, 1.807) is 16.9 Å². The standard InChI is InChI=1S/C10H16N2O2/c1-4-7-12-8(5-6-11-12)9(13)10(2,3)14/h5-6,14H,4,7H2,1-3H3. The van der Waals surface area contributed by atoms with Crippen LogP contribution in [0.3, 0.4) is 0 Å². The average molecular weight is 196 g/mol. The second-order valence-electron chi connectivity index (χ2n) is 3.83. The molecule has 1 aromatic heterocycles. The Labute approximate surface area is 83.5 Å². The number of carbonyl (C=O) groups is 1. The van der Waals surface area contributed by atoms with E-state index in [1.165, 1.54) is 13.8 Å². The summed E-state index contributed by atoms with van der Waals surface area (Å²) in [7, 11) is 0. The van der Waals surface area contributed by atoms with Crippen LogP contribution < -0.4 is 0 Å². The Balaban J connectivity index is 2.95. The van der Waals surface area contributed by atoms with Crippen LogP contribution in [-0.2, 0) is 6.54 Å².